The van der Waals surface area contributed by atoms with Gasteiger partial charge in [0.2, 0.25) is 0 Å². The lowest BCUT2D eigenvalue weighted by atomic mass is 10.1. The van der Waals surface area contributed by atoms with Gasteiger partial charge in [0.1, 0.15) is 11.5 Å². The minimum Gasteiger partial charge on any atom is -0.507 e. The van der Waals surface area contributed by atoms with Gasteiger partial charge >= 0.3 is 0 Å². The molecule has 0 spiro atoms. The molecule has 1 aromatic rings. The lowest BCUT2D eigenvalue weighted by molar-refractivity contribution is 0.0944. The van der Waals surface area contributed by atoms with Gasteiger partial charge in [-0.25, -0.2) is 0 Å². The van der Waals surface area contributed by atoms with Gasteiger partial charge in [-0.3, -0.25) is 4.79 Å². The van der Waals surface area contributed by atoms with E-state index in [0.717, 1.165) is 19.5 Å². The number of amides is 1. The standard InChI is InChI=1S/C14H20N2O3/c1-16-6-5-10(9-16)8-15-14(18)12-7-11(19-2)3-4-13(12)17/h3-4,7,10,17H,5-6,8-9H2,1-2H3,(H,15,18). The summed E-state index contributed by atoms with van der Waals surface area (Å²) in [5.41, 5.74) is 0.255. The van der Waals surface area contributed by atoms with Gasteiger partial charge in [-0.15, -0.1) is 0 Å². The molecular formula is C14H20N2O3. The second-order valence-corrected chi connectivity index (χ2v) is 5.01. The number of carbonyl (C=O) groups is 1. The summed E-state index contributed by atoms with van der Waals surface area (Å²) in [4.78, 5) is 14.3. The van der Waals surface area contributed by atoms with Gasteiger partial charge in [-0.05, 0) is 44.1 Å². The van der Waals surface area contributed by atoms with Gasteiger partial charge in [0, 0.05) is 13.1 Å². The predicted molar refractivity (Wildman–Crippen MR) is 72.6 cm³/mol. The Bertz CT molecular complexity index is 462. The van der Waals surface area contributed by atoms with E-state index in [1.54, 1.807) is 12.1 Å². The third-order valence-electron chi connectivity index (χ3n) is 3.49. The molecule has 19 heavy (non-hydrogen) atoms. The minimum atomic E-state index is -0.258. The van der Waals surface area contributed by atoms with Crippen LogP contribution in [0, 0.1) is 5.92 Å². The molecule has 1 unspecified atom stereocenters. The summed E-state index contributed by atoms with van der Waals surface area (Å²) in [5.74, 6) is 0.762. The normalized spacial score (nSPS) is 19.4. The van der Waals surface area contributed by atoms with Crippen molar-refractivity contribution in [3.05, 3.63) is 23.8 Å². The van der Waals surface area contributed by atoms with Gasteiger partial charge in [0.15, 0.2) is 0 Å². The topological polar surface area (TPSA) is 61.8 Å². The first kappa shape index (κ1) is 13.7. The Kier molecular flexibility index (Phi) is 4.27. The largest absolute Gasteiger partial charge is 0.507 e. The minimum absolute atomic E-state index is 0.0261. The molecule has 5 nitrogen and oxygen atoms in total. The SMILES string of the molecule is COc1ccc(O)c(C(=O)NCC2CCN(C)C2)c1. The van der Waals surface area contributed by atoms with Crippen LogP contribution in [-0.4, -0.2) is 49.7 Å². The van der Waals surface area contributed by atoms with Crippen molar-refractivity contribution in [2.75, 3.05) is 33.8 Å². The number of phenols is 1. The van der Waals surface area contributed by atoms with Crippen LogP contribution in [0.3, 0.4) is 0 Å². The summed E-state index contributed by atoms with van der Waals surface area (Å²) < 4.78 is 5.05. The first-order valence-corrected chi connectivity index (χ1v) is 6.44. The third-order valence-corrected chi connectivity index (χ3v) is 3.49. The van der Waals surface area contributed by atoms with Crippen molar-refractivity contribution in [3.8, 4) is 11.5 Å². The first-order valence-electron chi connectivity index (χ1n) is 6.44. The van der Waals surface area contributed by atoms with E-state index in [2.05, 4.69) is 17.3 Å². The molecule has 1 aliphatic heterocycles. The zero-order chi connectivity index (χ0) is 13.8. The van der Waals surface area contributed by atoms with Crippen LogP contribution in [0.2, 0.25) is 0 Å². The Morgan fingerprint density at radius 2 is 2.37 bits per heavy atom. The summed E-state index contributed by atoms with van der Waals surface area (Å²) in [6.45, 7) is 2.72. The molecule has 1 atom stereocenters. The highest BCUT2D eigenvalue weighted by molar-refractivity contribution is 5.97. The number of nitrogens with one attached hydrogen (secondary N) is 1. The smallest absolute Gasteiger partial charge is 0.255 e. The molecule has 2 N–H and O–H groups in total. The molecule has 0 saturated carbocycles. The maximum absolute atomic E-state index is 12.0. The fourth-order valence-corrected chi connectivity index (χ4v) is 2.35. The number of likely N-dealkylation sites (tertiary alicyclic amines) is 1. The van der Waals surface area contributed by atoms with Gasteiger partial charge in [-0.2, -0.15) is 0 Å². The Hall–Kier alpha value is -1.75. The van der Waals surface area contributed by atoms with Gasteiger partial charge in [0.05, 0.1) is 12.7 Å². The lowest BCUT2D eigenvalue weighted by Crippen LogP contribution is -2.30. The molecule has 0 aliphatic carbocycles. The molecule has 0 radical (unpaired) electrons. The summed E-state index contributed by atoms with van der Waals surface area (Å²) in [5, 5.41) is 12.6. The van der Waals surface area contributed by atoms with Crippen LogP contribution in [0.5, 0.6) is 11.5 Å². The third kappa shape index (κ3) is 3.38. The number of benzene rings is 1. The molecule has 1 heterocycles. The maximum Gasteiger partial charge on any atom is 0.255 e. The Balaban J connectivity index is 1.96. The molecule has 2 rings (SSSR count). The van der Waals surface area contributed by atoms with Crippen molar-refractivity contribution in [1.82, 2.24) is 10.2 Å². The number of hydrogen-bond donors (Lipinski definition) is 2. The van der Waals surface area contributed by atoms with Crippen molar-refractivity contribution < 1.29 is 14.6 Å². The van der Waals surface area contributed by atoms with Crippen LogP contribution < -0.4 is 10.1 Å². The van der Waals surface area contributed by atoms with Crippen molar-refractivity contribution in [2.24, 2.45) is 5.92 Å². The number of nitrogens with zero attached hydrogens (tertiary/aromatic N) is 1. The van der Waals surface area contributed by atoms with E-state index < -0.39 is 0 Å². The Labute approximate surface area is 113 Å². The Morgan fingerprint density at radius 1 is 1.58 bits per heavy atom. The van der Waals surface area contributed by atoms with E-state index in [0.29, 0.717) is 18.2 Å². The first-order chi connectivity index (χ1) is 9.10. The molecular weight excluding hydrogens is 244 g/mol. The molecule has 1 saturated heterocycles. The molecule has 0 bridgehead atoms. The monoisotopic (exact) mass is 264 g/mol. The summed E-state index contributed by atoms with van der Waals surface area (Å²) >= 11 is 0. The van der Waals surface area contributed by atoms with E-state index in [1.165, 1.54) is 13.2 Å². The molecule has 1 aliphatic rings. The van der Waals surface area contributed by atoms with E-state index in [-0.39, 0.29) is 17.2 Å². The van der Waals surface area contributed by atoms with Crippen molar-refractivity contribution in [2.45, 2.75) is 6.42 Å². The van der Waals surface area contributed by atoms with E-state index >= 15 is 0 Å². The lowest BCUT2D eigenvalue weighted by Gasteiger charge is -2.12. The average molecular weight is 264 g/mol. The number of aromatic hydroxyl groups is 1. The van der Waals surface area contributed by atoms with Crippen LogP contribution in [0.25, 0.3) is 0 Å². The van der Waals surface area contributed by atoms with Crippen LogP contribution in [0.15, 0.2) is 18.2 Å². The van der Waals surface area contributed by atoms with Gasteiger partial charge in [0.25, 0.3) is 5.91 Å². The fraction of sp³-hybridized carbons (Fsp3) is 0.500. The van der Waals surface area contributed by atoms with E-state index in [9.17, 15) is 9.90 Å². The number of ether oxygens (including phenoxy) is 1. The van der Waals surface area contributed by atoms with Crippen LogP contribution >= 0.6 is 0 Å². The van der Waals surface area contributed by atoms with Gasteiger partial charge < -0.3 is 20.1 Å². The molecule has 1 aromatic carbocycles. The number of rotatable bonds is 4. The molecule has 1 fully saturated rings. The number of methoxy groups -OCH3 is 1. The van der Waals surface area contributed by atoms with Crippen molar-refractivity contribution >= 4 is 5.91 Å². The van der Waals surface area contributed by atoms with E-state index in [4.69, 9.17) is 4.74 Å². The summed E-state index contributed by atoms with van der Waals surface area (Å²) in [6, 6.07) is 4.64. The van der Waals surface area contributed by atoms with Crippen LogP contribution in [0.4, 0.5) is 0 Å². The highest BCUT2D eigenvalue weighted by Gasteiger charge is 2.20. The number of hydrogen-bond acceptors (Lipinski definition) is 4. The van der Waals surface area contributed by atoms with Crippen LogP contribution in [-0.2, 0) is 0 Å². The second kappa shape index (κ2) is 5.93. The number of phenolic OH excluding ortho intramolecular Hbond substituents is 1. The zero-order valence-electron chi connectivity index (χ0n) is 11.3. The molecule has 5 heteroatoms. The predicted octanol–water partition coefficient (Wildman–Crippen LogP) is 1.08. The zero-order valence-corrected chi connectivity index (χ0v) is 11.3. The maximum atomic E-state index is 12.0. The highest BCUT2D eigenvalue weighted by Crippen LogP contribution is 2.23. The highest BCUT2D eigenvalue weighted by atomic mass is 16.5. The van der Waals surface area contributed by atoms with Crippen molar-refractivity contribution in [3.63, 3.8) is 0 Å². The summed E-state index contributed by atoms with van der Waals surface area (Å²) in [7, 11) is 3.61. The second-order valence-electron chi connectivity index (χ2n) is 5.01. The number of carbonyl (C=O) groups excluding carboxylic acids is 1. The van der Waals surface area contributed by atoms with E-state index in [1.807, 2.05) is 0 Å². The quantitative estimate of drug-likeness (QED) is 0.854. The molecule has 104 valence electrons. The average Bonchev–Trinajstić information content (AvgIpc) is 2.82. The van der Waals surface area contributed by atoms with Crippen molar-refractivity contribution in [1.29, 1.82) is 0 Å². The Morgan fingerprint density at radius 3 is 3.00 bits per heavy atom. The van der Waals surface area contributed by atoms with Crippen LogP contribution in [0.1, 0.15) is 16.8 Å². The summed E-state index contributed by atoms with van der Waals surface area (Å²) in [6.07, 6.45) is 1.10. The fourth-order valence-electron chi connectivity index (χ4n) is 2.35. The van der Waals surface area contributed by atoms with Gasteiger partial charge in [-0.1, -0.05) is 0 Å². The molecule has 0 aromatic heterocycles. The molecule has 1 amide bonds.